The number of carbonyl (C=O) groups excluding carboxylic acids is 2. The maximum absolute atomic E-state index is 12.4. The van der Waals surface area contributed by atoms with Crippen molar-refractivity contribution >= 4 is 17.8 Å². The standard InChI is InChI=1S/C14H23NO5/c1-3-7-15(9-12(16)20-4-2)13(17)10-5-6-11(8-10)14(18)19/h10-11H,3-9H2,1-2H3,(H,18,19). The van der Waals surface area contributed by atoms with Crippen molar-refractivity contribution < 1.29 is 24.2 Å². The van der Waals surface area contributed by atoms with Crippen LogP contribution < -0.4 is 0 Å². The fourth-order valence-electron chi connectivity index (χ4n) is 2.59. The molecular weight excluding hydrogens is 262 g/mol. The van der Waals surface area contributed by atoms with Crippen LogP contribution in [-0.4, -0.2) is 47.5 Å². The van der Waals surface area contributed by atoms with Gasteiger partial charge in [0.15, 0.2) is 0 Å². The smallest absolute Gasteiger partial charge is 0.325 e. The van der Waals surface area contributed by atoms with Crippen LogP contribution in [0.4, 0.5) is 0 Å². The van der Waals surface area contributed by atoms with E-state index in [9.17, 15) is 14.4 Å². The average Bonchev–Trinajstić information content (AvgIpc) is 2.87. The molecule has 0 spiro atoms. The lowest BCUT2D eigenvalue weighted by molar-refractivity contribution is -0.150. The number of carboxylic acid groups (broad SMARTS) is 1. The van der Waals surface area contributed by atoms with Gasteiger partial charge in [0, 0.05) is 12.5 Å². The molecule has 20 heavy (non-hydrogen) atoms. The summed E-state index contributed by atoms with van der Waals surface area (Å²) in [6.07, 6.45) is 2.24. The third-order valence-corrected chi connectivity index (χ3v) is 3.56. The largest absolute Gasteiger partial charge is 0.481 e. The van der Waals surface area contributed by atoms with E-state index in [1.807, 2.05) is 6.92 Å². The molecule has 0 radical (unpaired) electrons. The molecule has 114 valence electrons. The summed E-state index contributed by atoms with van der Waals surface area (Å²) in [6, 6.07) is 0. The Kier molecular flexibility index (Phi) is 6.48. The monoisotopic (exact) mass is 285 g/mol. The number of amides is 1. The first-order valence-corrected chi connectivity index (χ1v) is 7.16. The number of rotatable bonds is 7. The van der Waals surface area contributed by atoms with Gasteiger partial charge in [0.1, 0.15) is 6.54 Å². The van der Waals surface area contributed by atoms with Crippen molar-refractivity contribution in [1.82, 2.24) is 4.90 Å². The number of aliphatic carboxylic acids is 1. The van der Waals surface area contributed by atoms with Crippen LogP contribution in [-0.2, 0) is 19.1 Å². The minimum absolute atomic E-state index is 0.0469. The van der Waals surface area contributed by atoms with Gasteiger partial charge in [-0.15, -0.1) is 0 Å². The first kappa shape index (κ1) is 16.5. The molecule has 1 saturated carbocycles. The van der Waals surface area contributed by atoms with Gasteiger partial charge in [0.2, 0.25) is 5.91 Å². The lowest BCUT2D eigenvalue weighted by atomic mass is 10.0. The third kappa shape index (κ3) is 4.51. The molecule has 6 nitrogen and oxygen atoms in total. The summed E-state index contributed by atoms with van der Waals surface area (Å²) in [7, 11) is 0. The Hall–Kier alpha value is -1.59. The SMILES string of the molecule is CCCN(CC(=O)OCC)C(=O)C1CCC(C(=O)O)C1. The topological polar surface area (TPSA) is 83.9 Å². The third-order valence-electron chi connectivity index (χ3n) is 3.56. The predicted molar refractivity (Wildman–Crippen MR) is 72.0 cm³/mol. The van der Waals surface area contributed by atoms with Crippen LogP contribution in [0, 0.1) is 11.8 Å². The summed E-state index contributed by atoms with van der Waals surface area (Å²) in [4.78, 5) is 36.3. The second-order valence-electron chi connectivity index (χ2n) is 5.11. The van der Waals surface area contributed by atoms with Crippen LogP contribution in [0.3, 0.4) is 0 Å². The van der Waals surface area contributed by atoms with E-state index >= 15 is 0 Å². The predicted octanol–water partition coefficient (Wildman–Crippen LogP) is 1.29. The maximum Gasteiger partial charge on any atom is 0.325 e. The molecule has 0 saturated heterocycles. The average molecular weight is 285 g/mol. The van der Waals surface area contributed by atoms with Gasteiger partial charge in [-0.1, -0.05) is 6.92 Å². The van der Waals surface area contributed by atoms with E-state index in [1.165, 1.54) is 4.90 Å². The van der Waals surface area contributed by atoms with Crippen LogP contribution in [0.2, 0.25) is 0 Å². The number of esters is 1. The molecular formula is C14H23NO5. The molecule has 6 heteroatoms. The number of carboxylic acids is 1. The normalized spacial score (nSPS) is 21.5. The molecule has 0 bridgehead atoms. The second kappa shape index (κ2) is 7.87. The van der Waals surface area contributed by atoms with Crippen LogP contribution in [0.15, 0.2) is 0 Å². The van der Waals surface area contributed by atoms with Gasteiger partial charge in [0.05, 0.1) is 12.5 Å². The number of hydrogen-bond acceptors (Lipinski definition) is 4. The quantitative estimate of drug-likeness (QED) is 0.712. The highest BCUT2D eigenvalue weighted by Crippen LogP contribution is 2.32. The molecule has 2 atom stereocenters. The van der Waals surface area contributed by atoms with Crippen molar-refractivity contribution in [2.75, 3.05) is 19.7 Å². The Bertz CT molecular complexity index is 369. The molecule has 1 rings (SSSR count). The van der Waals surface area contributed by atoms with Crippen molar-refractivity contribution in [2.24, 2.45) is 11.8 Å². The van der Waals surface area contributed by atoms with Crippen LogP contribution in [0.25, 0.3) is 0 Å². The van der Waals surface area contributed by atoms with E-state index in [-0.39, 0.29) is 25.0 Å². The van der Waals surface area contributed by atoms with Gasteiger partial charge in [-0.25, -0.2) is 0 Å². The Balaban J connectivity index is 2.60. The van der Waals surface area contributed by atoms with E-state index < -0.39 is 17.9 Å². The number of nitrogens with zero attached hydrogens (tertiary/aromatic N) is 1. The van der Waals surface area contributed by atoms with Crippen molar-refractivity contribution in [1.29, 1.82) is 0 Å². The molecule has 1 aliphatic carbocycles. The summed E-state index contributed by atoms with van der Waals surface area (Å²) < 4.78 is 4.86. The molecule has 0 aromatic heterocycles. The highest BCUT2D eigenvalue weighted by Gasteiger charge is 2.36. The van der Waals surface area contributed by atoms with Gasteiger partial charge in [-0.05, 0) is 32.6 Å². The van der Waals surface area contributed by atoms with E-state index in [2.05, 4.69) is 0 Å². The van der Waals surface area contributed by atoms with Crippen molar-refractivity contribution in [3.63, 3.8) is 0 Å². The fourth-order valence-corrected chi connectivity index (χ4v) is 2.59. The molecule has 0 aliphatic heterocycles. The number of ether oxygens (including phenoxy) is 1. The Morgan fingerprint density at radius 2 is 1.85 bits per heavy atom. The highest BCUT2D eigenvalue weighted by molar-refractivity contribution is 5.84. The summed E-state index contributed by atoms with van der Waals surface area (Å²) >= 11 is 0. The second-order valence-corrected chi connectivity index (χ2v) is 5.11. The van der Waals surface area contributed by atoms with Gasteiger partial charge >= 0.3 is 11.9 Å². The zero-order valence-corrected chi connectivity index (χ0v) is 12.1. The van der Waals surface area contributed by atoms with E-state index in [4.69, 9.17) is 9.84 Å². The number of hydrogen-bond donors (Lipinski definition) is 1. The highest BCUT2D eigenvalue weighted by atomic mass is 16.5. The minimum atomic E-state index is -0.840. The zero-order valence-electron chi connectivity index (χ0n) is 12.1. The van der Waals surface area contributed by atoms with Gasteiger partial charge in [-0.3, -0.25) is 14.4 Å². The Morgan fingerprint density at radius 3 is 2.35 bits per heavy atom. The lowest BCUT2D eigenvalue weighted by Crippen LogP contribution is -2.40. The van der Waals surface area contributed by atoms with Gasteiger partial charge < -0.3 is 14.7 Å². The zero-order chi connectivity index (χ0) is 15.1. The van der Waals surface area contributed by atoms with Crippen LogP contribution in [0.1, 0.15) is 39.5 Å². The van der Waals surface area contributed by atoms with Crippen molar-refractivity contribution in [3.8, 4) is 0 Å². The summed E-state index contributed by atoms with van der Waals surface area (Å²) in [5.41, 5.74) is 0. The molecule has 1 aliphatic rings. The summed E-state index contributed by atoms with van der Waals surface area (Å²) in [5.74, 6) is -2.09. The van der Waals surface area contributed by atoms with Gasteiger partial charge in [-0.2, -0.15) is 0 Å². The van der Waals surface area contributed by atoms with Gasteiger partial charge in [0.25, 0.3) is 0 Å². The maximum atomic E-state index is 12.4. The summed E-state index contributed by atoms with van der Waals surface area (Å²) in [6.45, 7) is 4.39. The molecule has 0 heterocycles. The lowest BCUT2D eigenvalue weighted by Gasteiger charge is -2.24. The number of carbonyl (C=O) groups is 3. The molecule has 2 unspecified atom stereocenters. The van der Waals surface area contributed by atoms with E-state index in [0.29, 0.717) is 25.8 Å². The Labute approximate surface area is 119 Å². The summed E-state index contributed by atoms with van der Waals surface area (Å²) in [5, 5.41) is 8.97. The van der Waals surface area contributed by atoms with Crippen LogP contribution >= 0.6 is 0 Å². The van der Waals surface area contributed by atoms with Crippen LogP contribution in [0.5, 0.6) is 0 Å². The first-order valence-electron chi connectivity index (χ1n) is 7.16. The molecule has 0 aromatic rings. The molecule has 1 amide bonds. The van der Waals surface area contributed by atoms with Crippen molar-refractivity contribution in [2.45, 2.75) is 39.5 Å². The minimum Gasteiger partial charge on any atom is -0.481 e. The molecule has 0 aromatic carbocycles. The Morgan fingerprint density at radius 1 is 1.20 bits per heavy atom. The molecule has 1 N–H and O–H groups in total. The molecule has 1 fully saturated rings. The van der Waals surface area contributed by atoms with Crippen molar-refractivity contribution in [3.05, 3.63) is 0 Å². The fraction of sp³-hybridized carbons (Fsp3) is 0.786. The van der Waals surface area contributed by atoms with E-state index in [0.717, 1.165) is 6.42 Å². The first-order chi connectivity index (χ1) is 9.49. The van der Waals surface area contributed by atoms with E-state index in [1.54, 1.807) is 6.92 Å².